The molecule has 0 aliphatic carbocycles. The first-order valence-corrected chi connectivity index (χ1v) is 23.9. The highest BCUT2D eigenvalue weighted by atomic mass is 31.2. The van der Waals surface area contributed by atoms with Crippen LogP contribution in [-0.2, 0) is 32.7 Å². The summed E-state index contributed by atoms with van der Waals surface area (Å²) in [5, 5.41) is 9.91. The van der Waals surface area contributed by atoms with Gasteiger partial charge in [0.05, 0.1) is 33.9 Å². The predicted molar refractivity (Wildman–Crippen MR) is 253 cm³/mol. The Balaban J connectivity index is 4.64. The lowest BCUT2D eigenvalue weighted by atomic mass is 10.1. The van der Waals surface area contributed by atoms with Crippen molar-refractivity contribution < 1.29 is 47.2 Å². The molecule has 11 heteroatoms. The Morgan fingerprint density at radius 1 is 0.607 bits per heavy atom. The third-order valence-electron chi connectivity index (χ3n) is 8.59. The van der Waals surface area contributed by atoms with Gasteiger partial charge < -0.3 is 24.0 Å². The van der Waals surface area contributed by atoms with Crippen molar-refractivity contribution in [1.82, 2.24) is 0 Å². The number of quaternary nitrogens is 1. The molecule has 0 heterocycles. The summed E-state index contributed by atoms with van der Waals surface area (Å²) in [4.78, 5) is 35.3. The Hall–Kier alpha value is -3.63. The number of likely N-dealkylation sites (N-methyl/N-ethyl adjacent to an activating group) is 1. The van der Waals surface area contributed by atoms with Gasteiger partial charge in [0.1, 0.15) is 19.8 Å². The number of carbonyl (C=O) groups is 2. The zero-order valence-electron chi connectivity index (χ0n) is 38.2. The maximum Gasteiger partial charge on any atom is 0.472 e. The number of esters is 2. The van der Waals surface area contributed by atoms with Crippen LogP contribution >= 0.6 is 7.82 Å². The van der Waals surface area contributed by atoms with E-state index >= 15 is 0 Å². The van der Waals surface area contributed by atoms with Crippen molar-refractivity contribution in [2.75, 3.05) is 47.5 Å². The first-order chi connectivity index (χ1) is 29.4. The van der Waals surface area contributed by atoms with Crippen molar-refractivity contribution in [3.63, 3.8) is 0 Å². The molecule has 0 aromatic carbocycles. The van der Waals surface area contributed by atoms with Crippen LogP contribution in [0.25, 0.3) is 0 Å². The van der Waals surface area contributed by atoms with E-state index < -0.39 is 32.5 Å². The highest BCUT2D eigenvalue weighted by Gasteiger charge is 2.27. The molecular weight excluding hydrogens is 790 g/mol. The summed E-state index contributed by atoms with van der Waals surface area (Å²) in [5.74, 6) is -1.00. The lowest BCUT2D eigenvalue weighted by Gasteiger charge is -2.24. The summed E-state index contributed by atoms with van der Waals surface area (Å²) in [6.45, 7) is 3.98. The first kappa shape index (κ1) is 57.4. The van der Waals surface area contributed by atoms with Gasteiger partial charge in [-0.1, -0.05) is 155 Å². The fourth-order valence-electron chi connectivity index (χ4n) is 5.08. The van der Waals surface area contributed by atoms with Crippen molar-refractivity contribution in [3.8, 4) is 0 Å². The van der Waals surface area contributed by atoms with Crippen molar-refractivity contribution >= 4 is 19.8 Å². The third kappa shape index (κ3) is 44.2. The smallest absolute Gasteiger partial charge is 0.462 e. The summed E-state index contributed by atoms with van der Waals surface area (Å²) in [5.41, 5.74) is 0. The standard InChI is InChI=1S/C50H80NO9P/c1-6-8-10-11-12-13-14-15-16-17-18-19-20-21-24-28-31-34-38-42-50(54)60-48(46-59-61(55,56)58-44-43-51(3,4)5)45-57-49(53)41-37-33-30-27-25-22-23-26-29-32-36-40-47(52)39-35-9-7-2/h8,10,12-13,15-16,18-19,21-24,27,29-32,34,36,40,47-48,52H,6-7,9,11,14,17,20,25-26,28,33,35,37-39,41-46H2,1-5H3/p+1/b10-8-,13-12-,16-15-,19-18-,23-22-,24-21-,30-27-,32-29-,34-31-,40-36+/t47-,48-/m1/s1. The van der Waals surface area contributed by atoms with E-state index in [1.54, 1.807) is 0 Å². The molecule has 0 bridgehead atoms. The van der Waals surface area contributed by atoms with Gasteiger partial charge in [0.2, 0.25) is 0 Å². The lowest BCUT2D eigenvalue weighted by Crippen LogP contribution is -2.37. The molecule has 0 saturated heterocycles. The summed E-state index contributed by atoms with van der Waals surface area (Å²) >= 11 is 0. The van der Waals surface area contributed by atoms with Crippen molar-refractivity contribution in [2.45, 2.75) is 135 Å². The Morgan fingerprint density at radius 3 is 1.67 bits per heavy atom. The molecule has 0 radical (unpaired) electrons. The van der Waals surface area contributed by atoms with Crippen LogP contribution in [0.3, 0.4) is 0 Å². The average molecular weight is 871 g/mol. The number of allylic oxidation sites excluding steroid dienone is 19. The van der Waals surface area contributed by atoms with Gasteiger partial charge in [-0.2, -0.15) is 0 Å². The molecule has 0 aliphatic heterocycles. The van der Waals surface area contributed by atoms with Crippen LogP contribution in [0.4, 0.5) is 0 Å². The number of phosphoric ester groups is 1. The number of hydrogen-bond donors (Lipinski definition) is 2. The topological polar surface area (TPSA) is 129 Å². The third-order valence-corrected chi connectivity index (χ3v) is 9.58. The van der Waals surface area contributed by atoms with Gasteiger partial charge in [-0.3, -0.25) is 18.6 Å². The Morgan fingerprint density at radius 2 is 1.13 bits per heavy atom. The van der Waals surface area contributed by atoms with Crippen LogP contribution in [0.2, 0.25) is 0 Å². The lowest BCUT2D eigenvalue weighted by molar-refractivity contribution is -0.870. The number of aliphatic hydroxyl groups is 1. The van der Waals surface area contributed by atoms with Crippen molar-refractivity contribution in [2.24, 2.45) is 0 Å². The van der Waals surface area contributed by atoms with Gasteiger partial charge in [0, 0.05) is 12.8 Å². The fraction of sp³-hybridized carbons (Fsp3) is 0.560. The first-order valence-electron chi connectivity index (χ1n) is 22.4. The van der Waals surface area contributed by atoms with Gasteiger partial charge in [-0.15, -0.1) is 0 Å². The Kier molecular flexibility index (Phi) is 38.0. The highest BCUT2D eigenvalue weighted by molar-refractivity contribution is 7.47. The average Bonchev–Trinajstić information content (AvgIpc) is 3.21. The highest BCUT2D eigenvalue weighted by Crippen LogP contribution is 2.43. The molecule has 3 atom stereocenters. The van der Waals surface area contributed by atoms with Crippen LogP contribution in [-0.4, -0.2) is 86.1 Å². The number of aliphatic hydroxyl groups excluding tert-OH is 1. The molecule has 0 fully saturated rings. The second kappa shape index (κ2) is 40.4. The van der Waals surface area contributed by atoms with E-state index in [4.69, 9.17) is 18.5 Å². The molecule has 10 nitrogen and oxygen atoms in total. The molecule has 0 aromatic heterocycles. The molecule has 0 spiro atoms. The van der Waals surface area contributed by atoms with E-state index in [0.29, 0.717) is 30.3 Å². The maximum absolute atomic E-state index is 12.7. The van der Waals surface area contributed by atoms with Crippen LogP contribution in [0.1, 0.15) is 123 Å². The number of rotatable bonds is 38. The summed E-state index contributed by atoms with van der Waals surface area (Å²) in [6, 6.07) is 0. The predicted octanol–water partition coefficient (Wildman–Crippen LogP) is 11.9. The normalized spacial score (nSPS) is 15.2. The summed E-state index contributed by atoms with van der Waals surface area (Å²) < 4.78 is 34.1. The second-order valence-electron chi connectivity index (χ2n) is 15.5. The van der Waals surface area contributed by atoms with Crippen molar-refractivity contribution in [3.05, 3.63) is 122 Å². The number of ether oxygens (including phenoxy) is 2. The molecule has 0 saturated carbocycles. The van der Waals surface area contributed by atoms with E-state index in [1.165, 1.54) is 0 Å². The minimum atomic E-state index is -4.43. The number of phosphoric acid groups is 1. The minimum absolute atomic E-state index is 0.00559. The van der Waals surface area contributed by atoms with Gasteiger partial charge >= 0.3 is 19.8 Å². The zero-order valence-corrected chi connectivity index (χ0v) is 39.1. The molecule has 2 N–H and O–H groups in total. The second-order valence-corrected chi connectivity index (χ2v) is 17.0. The molecular formula is C50H81NO9P+. The SMILES string of the molecule is CC/C=C\C/C=C\C/C=C\C/C=C\C/C=C\C/C=C\CCC(=O)O[C@H](COC(=O)CCC/C=C\C/C=C\C/C=C\C=C\[C@H](O)CCCCC)COP(=O)(O)OCC[N+](C)(C)C. The summed E-state index contributed by atoms with van der Waals surface area (Å²) in [6.07, 6.45) is 53.1. The minimum Gasteiger partial charge on any atom is -0.462 e. The van der Waals surface area contributed by atoms with Gasteiger partial charge in [0.25, 0.3) is 0 Å². The van der Waals surface area contributed by atoms with Crippen LogP contribution in [0.15, 0.2) is 122 Å². The number of nitrogens with zero attached hydrogens (tertiary/aromatic N) is 1. The molecule has 61 heavy (non-hydrogen) atoms. The quantitative estimate of drug-likeness (QED) is 0.0156. The summed E-state index contributed by atoms with van der Waals surface area (Å²) in [7, 11) is 1.35. The number of hydrogen-bond acceptors (Lipinski definition) is 8. The molecule has 0 amide bonds. The maximum atomic E-state index is 12.7. The van der Waals surface area contributed by atoms with E-state index in [2.05, 4.69) is 86.8 Å². The van der Waals surface area contributed by atoms with Gasteiger partial charge in [0.15, 0.2) is 6.10 Å². The number of unbranched alkanes of at least 4 members (excludes halogenated alkanes) is 3. The monoisotopic (exact) mass is 871 g/mol. The van der Waals surface area contributed by atoms with Gasteiger partial charge in [-0.05, 0) is 77.0 Å². The largest absolute Gasteiger partial charge is 0.472 e. The number of carbonyl (C=O) groups excluding carboxylic acids is 2. The van der Waals surface area contributed by atoms with E-state index in [9.17, 15) is 24.2 Å². The fourth-order valence-corrected chi connectivity index (χ4v) is 5.82. The Labute approximate surface area is 370 Å². The molecule has 1 unspecified atom stereocenters. The van der Waals surface area contributed by atoms with E-state index in [0.717, 1.165) is 77.0 Å². The molecule has 0 aliphatic rings. The van der Waals surface area contributed by atoms with Crippen LogP contribution in [0, 0.1) is 0 Å². The van der Waals surface area contributed by atoms with Gasteiger partial charge in [-0.25, -0.2) is 4.57 Å². The Bertz CT molecular complexity index is 1460. The van der Waals surface area contributed by atoms with E-state index in [-0.39, 0.29) is 32.2 Å². The molecule has 0 rings (SSSR count). The van der Waals surface area contributed by atoms with Crippen LogP contribution < -0.4 is 0 Å². The molecule has 344 valence electrons. The van der Waals surface area contributed by atoms with Crippen molar-refractivity contribution in [1.29, 1.82) is 0 Å². The van der Waals surface area contributed by atoms with Crippen LogP contribution in [0.5, 0.6) is 0 Å². The zero-order chi connectivity index (χ0) is 45.1. The van der Waals surface area contributed by atoms with E-state index in [1.807, 2.05) is 69.8 Å². The molecule has 0 aromatic rings.